The Morgan fingerprint density at radius 1 is 1.56 bits per heavy atom. The number of methoxy groups -OCH3 is 1. The van der Waals surface area contributed by atoms with Crippen LogP contribution in [0.4, 0.5) is 0 Å². The van der Waals surface area contributed by atoms with Gasteiger partial charge in [-0.05, 0) is 18.2 Å². The van der Waals surface area contributed by atoms with Gasteiger partial charge in [-0.3, -0.25) is 4.79 Å². The van der Waals surface area contributed by atoms with Crippen LogP contribution in [0.5, 0.6) is 5.75 Å². The standard InChI is InChI=1S/C11H9BrN2O2S2/c1-16-10-3-2-7(12)4-8(10)9(15)5-17-11-14-13-6-18-11/h2-4,6H,5H2,1H3. The van der Waals surface area contributed by atoms with Gasteiger partial charge in [0.05, 0.1) is 18.4 Å². The summed E-state index contributed by atoms with van der Waals surface area (Å²) in [6.45, 7) is 0. The Kier molecular flexibility index (Phi) is 4.73. The molecule has 0 aliphatic heterocycles. The number of Topliss-reactive ketones (excluding diaryl/α,β-unsaturated/α-hetero) is 1. The monoisotopic (exact) mass is 344 g/mol. The zero-order chi connectivity index (χ0) is 13.0. The van der Waals surface area contributed by atoms with Crippen LogP contribution in [-0.4, -0.2) is 28.8 Å². The van der Waals surface area contributed by atoms with Gasteiger partial charge in [-0.25, -0.2) is 0 Å². The SMILES string of the molecule is COc1ccc(Br)cc1C(=O)CSc1nncs1. The predicted molar refractivity (Wildman–Crippen MR) is 75.7 cm³/mol. The number of ether oxygens (including phenoxy) is 1. The lowest BCUT2D eigenvalue weighted by molar-refractivity contribution is 0.101. The molecule has 1 aromatic carbocycles. The van der Waals surface area contributed by atoms with Crippen LogP contribution in [0.15, 0.2) is 32.5 Å². The lowest BCUT2D eigenvalue weighted by Gasteiger charge is -2.07. The van der Waals surface area contributed by atoms with E-state index in [1.54, 1.807) is 24.8 Å². The minimum Gasteiger partial charge on any atom is -0.496 e. The predicted octanol–water partition coefficient (Wildman–Crippen LogP) is 3.28. The summed E-state index contributed by atoms with van der Waals surface area (Å²) in [6.07, 6.45) is 0. The third kappa shape index (κ3) is 3.30. The lowest BCUT2D eigenvalue weighted by atomic mass is 10.1. The molecule has 4 nitrogen and oxygen atoms in total. The van der Waals surface area contributed by atoms with Crippen LogP contribution in [0.25, 0.3) is 0 Å². The zero-order valence-electron chi connectivity index (χ0n) is 9.42. The van der Waals surface area contributed by atoms with Gasteiger partial charge in [0.25, 0.3) is 0 Å². The molecule has 0 N–H and O–H groups in total. The summed E-state index contributed by atoms with van der Waals surface area (Å²) in [5, 5.41) is 7.61. The Morgan fingerprint density at radius 3 is 3.06 bits per heavy atom. The minimum absolute atomic E-state index is 0.00773. The average Bonchev–Trinajstić information content (AvgIpc) is 2.89. The number of halogens is 1. The molecule has 94 valence electrons. The maximum absolute atomic E-state index is 12.1. The van der Waals surface area contributed by atoms with Gasteiger partial charge in [-0.1, -0.05) is 39.0 Å². The molecule has 0 spiro atoms. The zero-order valence-corrected chi connectivity index (χ0v) is 12.6. The van der Waals surface area contributed by atoms with E-state index in [0.717, 1.165) is 8.81 Å². The number of aromatic nitrogens is 2. The van der Waals surface area contributed by atoms with E-state index in [0.29, 0.717) is 17.1 Å². The molecule has 0 aliphatic rings. The van der Waals surface area contributed by atoms with Gasteiger partial charge in [-0.15, -0.1) is 10.2 Å². The first-order valence-electron chi connectivity index (χ1n) is 4.96. The van der Waals surface area contributed by atoms with E-state index in [1.165, 1.54) is 23.1 Å². The van der Waals surface area contributed by atoms with E-state index in [4.69, 9.17) is 4.74 Å². The van der Waals surface area contributed by atoms with Crippen LogP contribution in [0.2, 0.25) is 0 Å². The van der Waals surface area contributed by atoms with Gasteiger partial charge >= 0.3 is 0 Å². The first kappa shape index (κ1) is 13.5. The Morgan fingerprint density at radius 2 is 2.39 bits per heavy atom. The van der Waals surface area contributed by atoms with Crippen molar-refractivity contribution in [2.24, 2.45) is 0 Å². The Labute approximate surface area is 121 Å². The molecule has 2 aromatic rings. The number of thioether (sulfide) groups is 1. The maximum Gasteiger partial charge on any atom is 0.176 e. The molecule has 2 rings (SSSR count). The fourth-order valence-corrected chi connectivity index (χ4v) is 3.06. The Bertz CT molecular complexity index is 546. The number of hydrogen-bond donors (Lipinski definition) is 0. The van der Waals surface area contributed by atoms with Crippen molar-refractivity contribution in [2.75, 3.05) is 12.9 Å². The molecule has 0 aliphatic carbocycles. The quantitative estimate of drug-likeness (QED) is 0.615. The number of carbonyl (C=O) groups is 1. The largest absolute Gasteiger partial charge is 0.496 e. The van der Waals surface area contributed by atoms with Crippen LogP contribution in [0, 0.1) is 0 Å². The molecule has 0 radical (unpaired) electrons. The van der Waals surface area contributed by atoms with E-state index in [9.17, 15) is 4.79 Å². The smallest absolute Gasteiger partial charge is 0.176 e. The minimum atomic E-state index is 0.00773. The number of carbonyl (C=O) groups excluding carboxylic acids is 1. The molecule has 18 heavy (non-hydrogen) atoms. The van der Waals surface area contributed by atoms with Crippen LogP contribution < -0.4 is 4.74 Å². The average molecular weight is 345 g/mol. The molecular formula is C11H9BrN2O2S2. The fourth-order valence-electron chi connectivity index (χ4n) is 1.33. The van der Waals surface area contributed by atoms with Crippen LogP contribution in [0.1, 0.15) is 10.4 Å². The van der Waals surface area contributed by atoms with Crippen molar-refractivity contribution in [3.63, 3.8) is 0 Å². The highest BCUT2D eigenvalue weighted by atomic mass is 79.9. The van der Waals surface area contributed by atoms with Gasteiger partial charge < -0.3 is 4.74 Å². The molecule has 7 heteroatoms. The first-order chi connectivity index (χ1) is 8.70. The highest BCUT2D eigenvalue weighted by Crippen LogP contribution is 2.26. The normalized spacial score (nSPS) is 10.3. The lowest BCUT2D eigenvalue weighted by Crippen LogP contribution is -2.05. The van der Waals surface area contributed by atoms with E-state index in [1.807, 2.05) is 6.07 Å². The van der Waals surface area contributed by atoms with Gasteiger partial charge in [0.1, 0.15) is 11.3 Å². The molecule has 0 unspecified atom stereocenters. The van der Waals surface area contributed by atoms with Crippen molar-refractivity contribution in [1.29, 1.82) is 0 Å². The topological polar surface area (TPSA) is 52.1 Å². The van der Waals surface area contributed by atoms with Crippen LogP contribution in [-0.2, 0) is 0 Å². The van der Waals surface area contributed by atoms with E-state index < -0.39 is 0 Å². The third-order valence-electron chi connectivity index (χ3n) is 2.13. The summed E-state index contributed by atoms with van der Waals surface area (Å²) in [5.41, 5.74) is 2.22. The number of nitrogens with zero attached hydrogens (tertiary/aromatic N) is 2. The van der Waals surface area contributed by atoms with E-state index >= 15 is 0 Å². The number of rotatable bonds is 5. The first-order valence-corrected chi connectivity index (χ1v) is 7.62. The van der Waals surface area contributed by atoms with Crippen molar-refractivity contribution in [1.82, 2.24) is 10.2 Å². The molecule has 0 bridgehead atoms. The van der Waals surface area contributed by atoms with Crippen LogP contribution >= 0.6 is 39.0 Å². The molecular weight excluding hydrogens is 336 g/mol. The summed E-state index contributed by atoms with van der Waals surface area (Å²) >= 11 is 6.15. The molecule has 0 saturated carbocycles. The second kappa shape index (κ2) is 6.31. The van der Waals surface area contributed by atoms with Gasteiger partial charge in [-0.2, -0.15) is 0 Å². The maximum atomic E-state index is 12.1. The number of ketones is 1. The summed E-state index contributed by atoms with van der Waals surface area (Å²) in [5.74, 6) is 0.913. The Hall–Kier alpha value is -0.920. The van der Waals surface area contributed by atoms with Crippen molar-refractivity contribution in [3.8, 4) is 5.75 Å². The van der Waals surface area contributed by atoms with Crippen molar-refractivity contribution in [3.05, 3.63) is 33.7 Å². The summed E-state index contributed by atoms with van der Waals surface area (Å²) in [4.78, 5) is 12.1. The van der Waals surface area contributed by atoms with Gasteiger partial charge in [0, 0.05) is 4.47 Å². The van der Waals surface area contributed by atoms with Crippen molar-refractivity contribution >= 4 is 44.8 Å². The highest BCUT2D eigenvalue weighted by molar-refractivity contribution is 9.10. The molecule has 0 fully saturated rings. The molecule has 1 heterocycles. The second-order valence-corrected chi connectivity index (χ2v) is 6.23. The summed E-state index contributed by atoms with van der Waals surface area (Å²) in [7, 11) is 1.55. The third-order valence-corrected chi connectivity index (χ3v) is 4.48. The van der Waals surface area contributed by atoms with Gasteiger partial charge in [0.15, 0.2) is 10.1 Å². The molecule has 0 saturated heterocycles. The second-order valence-electron chi connectivity index (χ2n) is 3.26. The van der Waals surface area contributed by atoms with Crippen molar-refractivity contribution in [2.45, 2.75) is 4.34 Å². The van der Waals surface area contributed by atoms with Crippen LogP contribution in [0.3, 0.4) is 0 Å². The fraction of sp³-hybridized carbons (Fsp3) is 0.182. The number of hydrogen-bond acceptors (Lipinski definition) is 6. The number of benzene rings is 1. The summed E-state index contributed by atoms with van der Waals surface area (Å²) < 4.78 is 6.83. The van der Waals surface area contributed by atoms with E-state index in [-0.39, 0.29) is 5.78 Å². The Balaban J connectivity index is 2.10. The highest BCUT2D eigenvalue weighted by Gasteiger charge is 2.13. The van der Waals surface area contributed by atoms with Crippen molar-refractivity contribution < 1.29 is 9.53 Å². The molecule has 0 amide bonds. The molecule has 0 atom stereocenters. The van der Waals surface area contributed by atoms with E-state index in [2.05, 4.69) is 26.1 Å². The summed E-state index contributed by atoms with van der Waals surface area (Å²) in [6, 6.07) is 5.38. The molecule has 1 aromatic heterocycles. The van der Waals surface area contributed by atoms with Gasteiger partial charge in [0.2, 0.25) is 0 Å².